The molecule has 2 rings (SSSR count). The second-order valence-electron chi connectivity index (χ2n) is 4.73. The number of amides is 1. The normalized spacial score (nSPS) is 19.8. The summed E-state index contributed by atoms with van der Waals surface area (Å²) in [6, 6.07) is 0. The van der Waals surface area contributed by atoms with E-state index in [2.05, 4.69) is 20.5 Å². The Morgan fingerprint density at radius 2 is 2.45 bits per heavy atom. The number of nitrogens with zero attached hydrogens (tertiary/aromatic N) is 2. The summed E-state index contributed by atoms with van der Waals surface area (Å²) in [7, 11) is 2.04. The van der Waals surface area contributed by atoms with Gasteiger partial charge in [0, 0.05) is 26.2 Å². The molecule has 2 heterocycles. The Hall–Kier alpha value is -1.38. The minimum Gasteiger partial charge on any atom is -0.382 e. The molecule has 1 aromatic heterocycles. The quantitative estimate of drug-likeness (QED) is 0.720. The lowest BCUT2D eigenvalue weighted by Gasteiger charge is -2.30. The number of likely N-dealkylation sites (N-methyl/N-ethyl adjacent to an activating group) is 1. The Labute approximate surface area is 122 Å². The van der Waals surface area contributed by atoms with Gasteiger partial charge in [-0.15, -0.1) is 0 Å². The zero-order chi connectivity index (χ0) is 14.5. The molecule has 112 valence electrons. The van der Waals surface area contributed by atoms with Gasteiger partial charge in [0.05, 0.1) is 12.7 Å². The molecule has 0 spiro atoms. The maximum Gasteiger partial charge on any atom is 0.265 e. The molecule has 0 bridgehead atoms. The van der Waals surface area contributed by atoms with Gasteiger partial charge in [-0.3, -0.25) is 4.79 Å². The van der Waals surface area contributed by atoms with E-state index in [0.29, 0.717) is 23.2 Å². The molecule has 20 heavy (non-hydrogen) atoms. The SMILES string of the molecule is CCNc1nc(N)c(C(=O)NCC2CN(C)CCO2)s1. The number of carbonyl (C=O) groups excluding carboxylic acids is 1. The van der Waals surface area contributed by atoms with Gasteiger partial charge in [-0.05, 0) is 14.0 Å². The van der Waals surface area contributed by atoms with Crippen molar-refractivity contribution >= 4 is 28.2 Å². The van der Waals surface area contributed by atoms with Crippen LogP contribution in [0.1, 0.15) is 16.6 Å². The summed E-state index contributed by atoms with van der Waals surface area (Å²) in [5.74, 6) is 0.0751. The van der Waals surface area contributed by atoms with Gasteiger partial charge < -0.3 is 26.0 Å². The predicted molar refractivity (Wildman–Crippen MR) is 80.3 cm³/mol. The molecule has 1 fully saturated rings. The van der Waals surface area contributed by atoms with Crippen LogP contribution < -0.4 is 16.4 Å². The maximum atomic E-state index is 12.1. The largest absolute Gasteiger partial charge is 0.382 e. The Balaban J connectivity index is 1.88. The van der Waals surface area contributed by atoms with Crippen molar-refractivity contribution < 1.29 is 9.53 Å². The van der Waals surface area contributed by atoms with Crippen LogP contribution in [-0.2, 0) is 4.74 Å². The van der Waals surface area contributed by atoms with Crippen LogP contribution in [0.15, 0.2) is 0 Å². The van der Waals surface area contributed by atoms with E-state index in [9.17, 15) is 4.79 Å². The lowest BCUT2D eigenvalue weighted by molar-refractivity contribution is -0.0174. The lowest BCUT2D eigenvalue weighted by atomic mass is 10.3. The van der Waals surface area contributed by atoms with Gasteiger partial charge in [-0.25, -0.2) is 4.98 Å². The first kappa shape index (κ1) is 15.0. The molecular weight excluding hydrogens is 278 g/mol. The van der Waals surface area contributed by atoms with Gasteiger partial charge in [0.1, 0.15) is 10.7 Å². The van der Waals surface area contributed by atoms with Crippen LogP contribution in [0.2, 0.25) is 0 Å². The highest BCUT2D eigenvalue weighted by atomic mass is 32.1. The summed E-state index contributed by atoms with van der Waals surface area (Å²) in [6.07, 6.45) is 0.0279. The molecule has 0 aliphatic carbocycles. The molecule has 1 aromatic rings. The summed E-state index contributed by atoms with van der Waals surface area (Å²) < 4.78 is 5.60. The first-order valence-corrected chi connectivity index (χ1v) is 7.50. The van der Waals surface area contributed by atoms with Crippen molar-refractivity contribution in [1.29, 1.82) is 0 Å². The first-order valence-electron chi connectivity index (χ1n) is 6.68. The van der Waals surface area contributed by atoms with Gasteiger partial charge in [0.15, 0.2) is 5.13 Å². The van der Waals surface area contributed by atoms with Crippen molar-refractivity contribution in [2.45, 2.75) is 13.0 Å². The fourth-order valence-corrected chi connectivity index (χ4v) is 2.87. The van der Waals surface area contributed by atoms with E-state index in [1.165, 1.54) is 11.3 Å². The molecule has 1 unspecified atom stereocenters. The smallest absolute Gasteiger partial charge is 0.265 e. The highest BCUT2D eigenvalue weighted by Crippen LogP contribution is 2.24. The van der Waals surface area contributed by atoms with Crippen LogP contribution in [0, 0.1) is 0 Å². The number of carbonyl (C=O) groups is 1. The number of nitrogen functional groups attached to an aromatic ring is 1. The topological polar surface area (TPSA) is 92.5 Å². The first-order chi connectivity index (χ1) is 9.60. The molecule has 1 aliphatic heterocycles. The number of rotatable bonds is 5. The second-order valence-corrected chi connectivity index (χ2v) is 5.73. The number of hydrogen-bond acceptors (Lipinski definition) is 7. The van der Waals surface area contributed by atoms with Crippen molar-refractivity contribution in [2.75, 3.05) is 50.9 Å². The monoisotopic (exact) mass is 299 g/mol. The Morgan fingerprint density at radius 1 is 1.65 bits per heavy atom. The number of aromatic nitrogens is 1. The number of thiazole rings is 1. The molecule has 1 amide bonds. The van der Waals surface area contributed by atoms with Gasteiger partial charge in [0.2, 0.25) is 0 Å². The molecule has 1 atom stereocenters. The molecule has 0 saturated carbocycles. The van der Waals surface area contributed by atoms with Crippen LogP contribution in [0.4, 0.5) is 10.9 Å². The lowest BCUT2D eigenvalue weighted by Crippen LogP contribution is -2.45. The van der Waals surface area contributed by atoms with E-state index in [0.717, 1.165) is 19.6 Å². The van der Waals surface area contributed by atoms with E-state index in [1.807, 2.05) is 14.0 Å². The fraction of sp³-hybridized carbons (Fsp3) is 0.667. The Morgan fingerprint density at radius 3 is 3.15 bits per heavy atom. The maximum absolute atomic E-state index is 12.1. The molecule has 1 saturated heterocycles. The molecule has 0 radical (unpaired) electrons. The zero-order valence-electron chi connectivity index (χ0n) is 11.8. The van der Waals surface area contributed by atoms with Gasteiger partial charge in [-0.2, -0.15) is 0 Å². The van der Waals surface area contributed by atoms with E-state index >= 15 is 0 Å². The average Bonchev–Trinajstić information content (AvgIpc) is 2.78. The standard InChI is InChI=1S/C12H21N5O2S/c1-3-14-12-16-10(13)9(20-12)11(18)15-6-8-7-17(2)4-5-19-8/h8H,3-7,13H2,1-2H3,(H,14,16)(H,15,18). The second kappa shape index (κ2) is 6.87. The van der Waals surface area contributed by atoms with E-state index in [4.69, 9.17) is 10.5 Å². The number of ether oxygens (including phenoxy) is 1. The van der Waals surface area contributed by atoms with Gasteiger partial charge in [0.25, 0.3) is 5.91 Å². The average molecular weight is 299 g/mol. The van der Waals surface area contributed by atoms with Crippen molar-refractivity contribution in [3.05, 3.63) is 4.88 Å². The predicted octanol–water partition coefficient (Wildman–Crippen LogP) is 0.218. The number of hydrogen-bond donors (Lipinski definition) is 3. The molecule has 1 aliphatic rings. The van der Waals surface area contributed by atoms with Crippen molar-refractivity contribution in [3.63, 3.8) is 0 Å². The third-order valence-electron chi connectivity index (χ3n) is 3.02. The highest BCUT2D eigenvalue weighted by Gasteiger charge is 2.20. The number of nitrogens with two attached hydrogens (primary N) is 1. The zero-order valence-corrected chi connectivity index (χ0v) is 12.6. The fourth-order valence-electron chi connectivity index (χ4n) is 2.00. The van der Waals surface area contributed by atoms with Crippen molar-refractivity contribution in [2.24, 2.45) is 0 Å². The van der Waals surface area contributed by atoms with Crippen molar-refractivity contribution in [3.8, 4) is 0 Å². The number of nitrogens with one attached hydrogen (secondary N) is 2. The third-order valence-corrected chi connectivity index (χ3v) is 4.05. The minimum absolute atomic E-state index is 0.0279. The molecule has 8 heteroatoms. The summed E-state index contributed by atoms with van der Waals surface area (Å²) in [5.41, 5.74) is 5.76. The summed E-state index contributed by atoms with van der Waals surface area (Å²) in [5, 5.41) is 6.58. The van der Waals surface area contributed by atoms with Gasteiger partial charge >= 0.3 is 0 Å². The number of anilines is 2. The Kier molecular flexibility index (Phi) is 5.16. The van der Waals surface area contributed by atoms with Crippen LogP contribution in [0.5, 0.6) is 0 Å². The summed E-state index contributed by atoms with van der Waals surface area (Å²) in [6.45, 7) is 5.64. The molecule has 7 nitrogen and oxygen atoms in total. The van der Waals surface area contributed by atoms with E-state index in [1.54, 1.807) is 0 Å². The third kappa shape index (κ3) is 3.81. The Bertz CT molecular complexity index is 465. The number of morpholine rings is 1. The highest BCUT2D eigenvalue weighted by molar-refractivity contribution is 7.18. The molecule has 0 aromatic carbocycles. The summed E-state index contributed by atoms with van der Waals surface area (Å²) in [4.78, 5) is 18.8. The molecular formula is C12H21N5O2S. The van der Waals surface area contributed by atoms with Crippen LogP contribution in [0.25, 0.3) is 0 Å². The van der Waals surface area contributed by atoms with Crippen LogP contribution >= 0.6 is 11.3 Å². The molecule has 4 N–H and O–H groups in total. The van der Waals surface area contributed by atoms with E-state index < -0.39 is 0 Å². The van der Waals surface area contributed by atoms with E-state index in [-0.39, 0.29) is 17.8 Å². The van der Waals surface area contributed by atoms with Crippen molar-refractivity contribution in [1.82, 2.24) is 15.2 Å². The van der Waals surface area contributed by atoms with Gasteiger partial charge in [-0.1, -0.05) is 11.3 Å². The van der Waals surface area contributed by atoms with Crippen LogP contribution in [0.3, 0.4) is 0 Å². The minimum atomic E-state index is -0.194. The summed E-state index contributed by atoms with van der Waals surface area (Å²) >= 11 is 1.27. The van der Waals surface area contributed by atoms with Crippen LogP contribution in [-0.4, -0.2) is 61.7 Å².